The van der Waals surface area contributed by atoms with E-state index in [0.717, 1.165) is 43.4 Å². The lowest BCUT2D eigenvalue weighted by atomic mass is 9.43. The molecule has 0 bridgehead atoms. The Kier molecular flexibility index (Phi) is 3.09. The van der Waals surface area contributed by atoms with Crippen LogP contribution in [0.15, 0.2) is 11.6 Å². The van der Waals surface area contributed by atoms with E-state index in [0.29, 0.717) is 11.2 Å². The van der Waals surface area contributed by atoms with Crippen LogP contribution < -0.4 is 0 Å². The predicted molar refractivity (Wildman–Crippen MR) is 94.4 cm³/mol. The van der Waals surface area contributed by atoms with E-state index in [9.17, 15) is 9.90 Å². The molecule has 0 amide bonds. The fourth-order valence-corrected chi connectivity index (χ4v) is 8.17. The molecule has 0 aromatic rings. The fraction of sp³-hybridized carbons (Fsp3) is 0.864. The highest BCUT2D eigenvalue weighted by molar-refractivity contribution is 5.91. The largest absolute Gasteiger partial charge is 0.393 e. The molecule has 0 aliphatic heterocycles. The number of hydrogen-bond donors (Lipinski definition) is 1. The highest BCUT2D eigenvalue weighted by Crippen LogP contribution is 2.72. The van der Waals surface area contributed by atoms with Gasteiger partial charge in [0.1, 0.15) is 5.78 Å². The maximum Gasteiger partial charge on any atom is 0.139 e. The summed E-state index contributed by atoms with van der Waals surface area (Å²) in [6, 6.07) is 0. The van der Waals surface area contributed by atoms with E-state index in [-0.39, 0.29) is 16.9 Å². The molecule has 0 aromatic heterocycles. The average molecular weight is 328 g/mol. The lowest BCUT2D eigenvalue weighted by molar-refractivity contribution is -0.156. The zero-order valence-corrected chi connectivity index (χ0v) is 15.3. The van der Waals surface area contributed by atoms with Gasteiger partial charge < -0.3 is 5.11 Å². The van der Waals surface area contributed by atoms with E-state index in [4.69, 9.17) is 0 Å². The van der Waals surface area contributed by atoms with Crippen molar-refractivity contribution in [2.45, 2.75) is 84.2 Å². The second-order valence-corrected chi connectivity index (χ2v) is 10.2. The van der Waals surface area contributed by atoms with Gasteiger partial charge in [0.15, 0.2) is 0 Å². The van der Waals surface area contributed by atoms with Crippen molar-refractivity contribution in [3.05, 3.63) is 11.6 Å². The lowest BCUT2D eigenvalue weighted by Gasteiger charge is -2.61. The number of hydrogen-bond acceptors (Lipinski definition) is 2. The van der Waals surface area contributed by atoms with E-state index in [1.807, 2.05) is 0 Å². The van der Waals surface area contributed by atoms with Crippen molar-refractivity contribution in [2.75, 3.05) is 0 Å². The molecule has 4 saturated carbocycles. The van der Waals surface area contributed by atoms with Gasteiger partial charge in [0.05, 0.1) is 6.10 Å². The molecule has 5 rings (SSSR count). The maximum atomic E-state index is 12.6. The third-order valence-electron chi connectivity index (χ3n) is 9.76. The molecule has 0 radical (unpaired) electrons. The van der Waals surface area contributed by atoms with E-state index >= 15 is 0 Å². The normalized spacial score (nSPS) is 56.1. The Morgan fingerprint density at radius 2 is 1.83 bits per heavy atom. The Bertz CT molecular complexity index is 621. The number of carbonyl (C=O) groups is 1. The number of allylic oxidation sites excluding steroid dienone is 1. The van der Waals surface area contributed by atoms with Gasteiger partial charge in [-0.1, -0.05) is 25.5 Å². The summed E-state index contributed by atoms with van der Waals surface area (Å²) in [5.41, 5.74) is 2.22. The van der Waals surface area contributed by atoms with Crippen molar-refractivity contribution in [1.29, 1.82) is 0 Å². The molecule has 0 heterocycles. The quantitative estimate of drug-likeness (QED) is 0.657. The van der Waals surface area contributed by atoms with Crippen molar-refractivity contribution in [2.24, 2.45) is 34.0 Å². The summed E-state index contributed by atoms with van der Waals surface area (Å²) in [6.07, 6.45) is 13.7. The Morgan fingerprint density at radius 1 is 1.04 bits per heavy atom. The van der Waals surface area contributed by atoms with Crippen LogP contribution in [0.25, 0.3) is 0 Å². The number of carbonyl (C=O) groups excluding carboxylic acids is 1. The highest BCUT2D eigenvalue weighted by atomic mass is 16.3. The third kappa shape index (κ3) is 1.65. The van der Waals surface area contributed by atoms with E-state index in [1.165, 1.54) is 38.5 Å². The second-order valence-electron chi connectivity index (χ2n) is 10.2. The number of aliphatic hydroxyl groups is 1. The van der Waals surface area contributed by atoms with Crippen LogP contribution in [-0.2, 0) is 4.79 Å². The van der Waals surface area contributed by atoms with Gasteiger partial charge in [-0.3, -0.25) is 4.79 Å². The SMILES string of the molecule is C[C@]12CC[C@H](O)CC1=CC[C@@H]1[C@@H]2CC[C@@]2(C)[C@H]1CC[C@@]21CCC1=O. The predicted octanol–water partition coefficient (Wildman–Crippen LogP) is 4.66. The van der Waals surface area contributed by atoms with Gasteiger partial charge in [0, 0.05) is 11.8 Å². The average Bonchev–Trinajstić information content (AvgIpc) is 2.89. The number of rotatable bonds is 0. The molecule has 132 valence electrons. The Balaban J connectivity index is 1.50. The Labute approximate surface area is 146 Å². The molecular formula is C22H32O2. The summed E-state index contributed by atoms with van der Waals surface area (Å²) in [5, 5.41) is 10.1. The minimum atomic E-state index is -0.114. The summed E-state index contributed by atoms with van der Waals surface area (Å²) < 4.78 is 0. The lowest BCUT2D eigenvalue weighted by Crippen LogP contribution is -2.57. The molecule has 0 saturated heterocycles. The van der Waals surface area contributed by atoms with Gasteiger partial charge >= 0.3 is 0 Å². The summed E-state index contributed by atoms with van der Waals surface area (Å²) in [6.45, 7) is 4.97. The topological polar surface area (TPSA) is 37.3 Å². The Morgan fingerprint density at radius 3 is 2.54 bits per heavy atom. The van der Waals surface area contributed by atoms with Gasteiger partial charge in [-0.05, 0) is 86.4 Å². The first-order valence-corrected chi connectivity index (χ1v) is 10.3. The van der Waals surface area contributed by atoms with Crippen LogP contribution in [0.1, 0.15) is 78.1 Å². The number of Topliss-reactive ketones (excluding diaryl/α,β-unsaturated/α-hetero) is 1. The van der Waals surface area contributed by atoms with Gasteiger partial charge in [-0.2, -0.15) is 0 Å². The van der Waals surface area contributed by atoms with Crippen LogP contribution >= 0.6 is 0 Å². The standard InChI is InChI=1S/C22H32O2/c1-20-9-5-15(23)13-14(20)3-4-16-17(20)6-10-21(2)18(16)7-11-22(21)12-8-19(22)24/h3,15-18,23H,4-13H2,1-2H3/t15-,16+,17-,18-,20-,21-,22-/m0/s1. The van der Waals surface area contributed by atoms with Gasteiger partial charge in [-0.15, -0.1) is 0 Å². The summed E-state index contributed by atoms with van der Waals surface area (Å²) in [7, 11) is 0. The molecule has 5 aliphatic rings. The van der Waals surface area contributed by atoms with E-state index in [2.05, 4.69) is 19.9 Å². The number of ketones is 1. The number of aliphatic hydroxyl groups excluding tert-OH is 1. The number of fused-ring (bicyclic) bond motifs is 6. The van der Waals surface area contributed by atoms with Crippen LogP contribution in [0.4, 0.5) is 0 Å². The molecule has 1 N–H and O–H groups in total. The summed E-state index contributed by atoms with van der Waals surface area (Å²) in [4.78, 5) is 12.6. The Hall–Kier alpha value is -0.630. The minimum absolute atomic E-state index is 0.0658. The molecule has 24 heavy (non-hydrogen) atoms. The minimum Gasteiger partial charge on any atom is -0.393 e. The van der Waals surface area contributed by atoms with Crippen molar-refractivity contribution in [3.8, 4) is 0 Å². The first kappa shape index (κ1) is 15.6. The highest BCUT2D eigenvalue weighted by Gasteiger charge is 2.68. The molecule has 2 heteroatoms. The molecular weight excluding hydrogens is 296 g/mol. The summed E-state index contributed by atoms with van der Waals surface area (Å²) >= 11 is 0. The smallest absolute Gasteiger partial charge is 0.139 e. The monoisotopic (exact) mass is 328 g/mol. The first-order valence-electron chi connectivity index (χ1n) is 10.3. The van der Waals surface area contributed by atoms with Crippen molar-refractivity contribution in [1.82, 2.24) is 0 Å². The van der Waals surface area contributed by atoms with Gasteiger partial charge in [0.25, 0.3) is 0 Å². The zero-order valence-electron chi connectivity index (χ0n) is 15.3. The molecule has 5 aliphatic carbocycles. The van der Waals surface area contributed by atoms with Crippen molar-refractivity contribution < 1.29 is 9.90 Å². The summed E-state index contributed by atoms with van der Waals surface area (Å²) in [5.74, 6) is 2.90. The molecule has 0 aromatic carbocycles. The second kappa shape index (κ2) is 4.75. The van der Waals surface area contributed by atoms with Crippen molar-refractivity contribution >= 4 is 5.78 Å². The van der Waals surface area contributed by atoms with Crippen molar-refractivity contribution in [3.63, 3.8) is 0 Å². The van der Waals surface area contributed by atoms with E-state index < -0.39 is 0 Å². The van der Waals surface area contributed by atoms with Crippen LogP contribution in [0.2, 0.25) is 0 Å². The first-order chi connectivity index (χ1) is 11.4. The maximum absolute atomic E-state index is 12.6. The van der Waals surface area contributed by atoms with Crippen LogP contribution in [0, 0.1) is 34.0 Å². The van der Waals surface area contributed by atoms with Gasteiger partial charge in [0.2, 0.25) is 0 Å². The van der Waals surface area contributed by atoms with E-state index in [1.54, 1.807) is 5.57 Å². The van der Waals surface area contributed by atoms with Gasteiger partial charge in [-0.25, -0.2) is 0 Å². The fourth-order valence-electron chi connectivity index (χ4n) is 8.17. The molecule has 4 fully saturated rings. The molecule has 1 spiro atoms. The molecule has 7 atom stereocenters. The molecule has 0 unspecified atom stereocenters. The molecule has 2 nitrogen and oxygen atoms in total. The van der Waals surface area contributed by atoms with Crippen LogP contribution in [0.5, 0.6) is 0 Å². The zero-order chi connectivity index (χ0) is 16.7. The third-order valence-corrected chi connectivity index (χ3v) is 9.76. The van der Waals surface area contributed by atoms with Crippen LogP contribution in [0.3, 0.4) is 0 Å². The van der Waals surface area contributed by atoms with Crippen LogP contribution in [-0.4, -0.2) is 17.0 Å².